The summed E-state index contributed by atoms with van der Waals surface area (Å²) < 4.78 is 3.57. The number of rotatable bonds is 2. The highest BCUT2D eigenvalue weighted by molar-refractivity contribution is 6.08. The van der Waals surface area contributed by atoms with Crippen molar-refractivity contribution in [3.63, 3.8) is 0 Å². The summed E-state index contributed by atoms with van der Waals surface area (Å²) in [4.78, 5) is 44.8. The lowest BCUT2D eigenvalue weighted by molar-refractivity contribution is -0.142. The number of fused-ring (bicyclic) bond motifs is 1. The van der Waals surface area contributed by atoms with Gasteiger partial charge in [-0.2, -0.15) is 9.36 Å². The third-order valence-corrected chi connectivity index (χ3v) is 5.00. The SMILES string of the molecule is CN1C(=O)[C@@H]2N=C(c3ccccc3)[C@H]1n1c(=O)n(-c3ccccc3)c(=O)n12. The topological polar surface area (TPSA) is 81.6 Å². The minimum absolute atomic E-state index is 0.313. The number of hydrogen-bond donors (Lipinski definition) is 0. The predicted molar refractivity (Wildman–Crippen MR) is 98.1 cm³/mol. The highest BCUT2D eigenvalue weighted by Crippen LogP contribution is 2.33. The molecular weight excluding hydrogens is 346 g/mol. The first-order valence-corrected chi connectivity index (χ1v) is 8.51. The van der Waals surface area contributed by atoms with E-state index in [1.807, 2.05) is 30.3 Å². The summed E-state index contributed by atoms with van der Waals surface area (Å²) in [5.74, 6) is -0.313. The Morgan fingerprint density at radius 2 is 1.41 bits per heavy atom. The summed E-state index contributed by atoms with van der Waals surface area (Å²) >= 11 is 0. The Kier molecular flexibility index (Phi) is 3.12. The lowest BCUT2D eigenvalue weighted by Crippen LogP contribution is -2.58. The van der Waals surface area contributed by atoms with E-state index in [1.54, 1.807) is 37.4 Å². The van der Waals surface area contributed by atoms with Gasteiger partial charge in [-0.15, -0.1) is 0 Å². The van der Waals surface area contributed by atoms with Crippen LogP contribution in [0, 0.1) is 0 Å². The van der Waals surface area contributed by atoms with Gasteiger partial charge in [0.25, 0.3) is 5.91 Å². The zero-order valence-corrected chi connectivity index (χ0v) is 14.4. The maximum absolute atomic E-state index is 13.2. The van der Waals surface area contributed by atoms with Gasteiger partial charge in [0.15, 0.2) is 6.17 Å². The van der Waals surface area contributed by atoms with E-state index in [1.165, 1.54) is 9.58 Å². The van der Waals surface area contributed by atoms with Crippen LogP contribution in [-0.2, 0) is 4.79 Å². The largest absolute Gasteiger partial charge is 0.354 e. The van der Waals surface area contributed by atoms with Crippen LogP contribution >= 0.6 is 0 Å². The molecule has 2 bridgehead atoms. The summed E-state index contributed by atoms with van der Waals surface area (Å²) in [6.07, 6.45) is -1.85. The lowest BCUT2D eigenvalue weighted by atomic mass is 10.0. The van der Waals surface area contributed by atoms with Gasteiger partial charge in [0.1, 0.15) is 0 Å². The monoisotopic (exact) mass is 361 g/mol. The fourth-order valence-electron chi connectivity index (χ4n) is 3.73. The Morgan fingerprint density at radius 3 is 2.07 bits per heavy atom. The van der Waals surface area contributed by atoms with Gasteiger partial charge in [-0.25, -0.2) is 19.1 Å². The molecule has 1 amide bonds. The molecular formula is C19H15N5O3. The predicted octanol–water partition coefficient (Wildman–Crippen LogP) is 0.773. The second kappa shape index (κ2) is 5.41. The smallest absolute Gasteiger partial charge is 0.315 e. The number of aliphatic imine (C=N–C) groups is 1. The Morgan fingerprint density at radius 1 is 0.815 bits per heavy atom. The summed E-state index contributed by atoms with van der Waals surface area (Å²) in [5.41, 5.74) is 0.792. The Bertz CT molecular complexity index is 1200. The van der Waals surface area contributed by atoms with Crippen LogP contribution in [0.3, 0.4) is 0 Å². The number of aromatic nitrogens is 3. The zero-order chi connectivity index (χ0) is 18.7. The number of carbonyl (C=O) groups is 1. The molecule has 3 aliphatic rings. The molecule has 1 aromatic heterocycles. The number of hydrogen-bond acceptors (Lipinski definition) is 4. The maximum Gasteiger partial charge on any atom is 0.354 e. The molecule has 0 saturated carbocycles. The normalized spacial score (nSPS) is 20.6. The number of nitrogens with zero attached hydrogens (tertiary/aromatic N) is 5. The van der Waals surface area contributed by atoms with Gasteiger partial charge in [0.2, 0.25) is 6.17 Å². The van der Waals surface area contributed by atoms with E-state index in [0.29, 0.717) is 11.4 Å². The molecule has 0 unspecified atom stereocenters. The summed E-state index contributed by atoms with van der Waals surface area (Å²) in [6.45, 7) is 0. The summed E-state index contributed by atoms with van der Waals surface area (Å²) in [7, 11) is 1.62. The van der Waals surface area contributed by atoms with Crippen molar-refractivity contribution >= 4 is 11.6 Å². The highest BCUT2D eigenvalue weighted by atomic mass is 16.2. The molecule has 27 heavy (non-hydrogen) atoms. The van der Waals surface area contributed by atoms with Gasteiger partial charge in [-0.1, -0.05) is 48.5 Å². The Balaban J connectivity index is 1.79. The van der Waals surface area contributed by atoms with E-state index in [9.17, 15) is 14.4 Å². The average Bonchev–Trinajstić information content (AvgIpc) is 2.98. The fourth-order valence-corrected chi connectivity index (χ4v) is 3.73. The zero-order valence-electron chi connectivity index (χ0n) is 14.4. The van der Waals surface area contributed by atoms with Crippen molar-refractivity contribution in [3.05, 3.63) is 87.2 Å². The van der Waals surface area contributed by atoms with Crippen LogP contribution in [0.15, 0.2) is 75.2 Å². The van der Waals surface area contributed by atoms with Crippen LogP contribution in [0.4, 0.5) is 0 Å². The maximum atomic E-state index is 13.2. The molecule has 0 saturated heterocycles. The van der Waals surface area contributed by atoms with Crippen LogP contribution in [0.1, 0.15) is 17.9 Å². The van der Waals surface area contributed by atoms with Crippen molar-refractivity contribution in [3.8, 4) is 5.69 Å². The quantitative estimate of drug-likeness (QED) is 0.676. The van der Waals surface area contributed by atoms with E-state index in [-0.39, 0.29) is 5.91 Å². The van der Waals surface area contributed by atoms with Crippen LogP contribution < -0.4 is 11.4 Å². The van der Waals surface area contributed by atoms with E-state index in [2.05, 4.69) is 4.99 Å². The summed E-state index contributed by atoms with van der Waals surface area (Å²) in [6, 6.07) is 18.0. The van der Waals surface area contributed by atoms with Gasteiger partial charge in [0, 0.05) is 7.05 Å². The van der Waals surface area contributed by atoms with Crippen LogP contribution in [-0.4, -0.2) is 37.5 Å². The van der Waals surface area contributed by atoms with Gasteiger partial charge < -0.3 is 4.90 Å². The highest BCUT2D eigenvalue weighted by Gasteiger charge is 2.48. The molecule has 0 spiro atoms. The first-order valence-electron chi connectivity index (χ1n) is 8.51. The molecule has 2 atom stereocenters. The fraction of sp³-hybridized carbons (Fsp3) is 0.158. The Labute approximate surface area is 153 Å². The van der Waals surface area contributed by atoms with Crippen molar-refractivity contribution in [2.45, 2.75) is 12.3 Å². The van der Waals surface area contributed by atoms with Crippen molar-refractivity contribution in [1.82, 2.24) is 18.8 Å². The van der Waals surface area contributed by atoms with Gasteiger partial charge in [-0.05, 0) is 17.7 Å². The van der Waals surface area contributed by atoms with Crippen LogP contribution in [0.5, 0.6) is 0 Å². The average molecular weight is 361 g/mol. The molecule has 3 aliphatic heterocycles. The van der Waals surface area contributed by atoms with Crippen molar-refractivity contribution in [2.75, 3.05) is 7.05 Å². The molecule has 4 heterocycles. The van der Waals surface area contributed by atoms with E-state index < -0.39 is 23.7 Å². The number of para-hydroxylation sites is 1. The Hall–Kier alpha value is -3.68. The number of carbonyl (C=O) groups excluding carboxylic acids is 1. The minimum atomic E-state index is -1.08. The second-order valence-corrected chi connectivity index (χ2v) is 6.50. The molecule has 6 rings (SSSR count). The summed E-state index contributed by atoms with van der Waals surface area (Å²) in [5, 5.41) is 0. The third-order valence-electron chi connectivity index (χ3n) is 5.00. The second-order valence-electron chi connectivity index (χ2n) is 6.50. The van der Waals surface area contributed by atoms with Gasteiger partial charge in [0.05, 0.1) is 11.4 Å². The first-order chi connectivity index (χ1) is 13.1. The van der Waals surface area contributed by atoms with E-state index in [0.717, 1.165) is 14.8 Å². The number of benzene rings is 2. The van der Waals surface area contributed by atoms with Crippen molar-refractivity contribution in [2.24, 2.45) is 4.99 Å². The van der Waals surface area contributed by atoms with E-state index >= 15 is 0 Å². The standard InChI is InChI=1S/C19H15N5O3/c1-21-16-14(12-8-4-2-5-9-12)20-15(17(21)25)23-18(26)22(19(27)24(16)23)13-10-6-3-7-11-13/h2-11,15-16H,1H3/t15-,16-/m1/s1. The number of amides is 1. The molecule has 8 heteroatoms. The van der Waals surface area contributed by atoms with E-state index in [4.69, 9.17) is 0 Å². The molecule has 0 radical (unpaired) electrons. The molecule has 0 aliphatic carbocycles. The number of likely N-dealkylation sites (N-methyl/N-ethyl adjacent to an activating group) is 1. The van der Waals surface area contributed by atoms with Crippen LogP contribution in [0.25, 0.3) is 5.69 Å². The molecule has 8 nitrogen and oxygen atoms in total. The third kappa shape index (κ3) is 1.97. The minimum Gasteiger partial charge on any atom is -0.315 e. The molecule has 2 aromatic carbocycles. The molecule has 0 N–H and O–H groups in total. The van der Waals surface area contributed by atoms with Gasteiger partial charge in [-0.3, -0.25) is 4.79 Å². The first kappa shape index (κ1) is 15.6. The van der Waals surface area contributed by atoms with Crippen molar-refractivity contribution < 1.29 is 4.79 Å². The molecule has 0 fully saturated rings. The lowest BCUT2D eigenvalue weighted by Gasteiger charge is -2.42. The molecule has 3 aromatic rings. The molecule has 134 valence electrons. The van der Waals surface area contributed by atoms with Crippen molar-refractivity contribution in [1.29, 1.82) is 0 Å². The van der Waals surface area contributed by atoms with Gasteiger partial charge >= 0.3 is 11.4 Å². The van der Waals surface area contributed by atoms with Crippen LogP contribution in [0.2, 0.25) is 0 Å².